The first-order valence-corrected chi connectivity index (χ1v) is 4.30. The van der Waals surface area contributed by atoms with E-state index in [-0.39, 0.29) is 19.3 Å². The number of aliphatic hydroxyl groups is 2. The van der Waals surface area contributed by atoms with Gasteiger partial charge in [-0.2, -0.15) is 0 Å². The van der Waals surface area contributed by atoms with Crippen molar-refractivity contribution in [3.8, 4) is 0 Å². The highest BCUT2D eigenvalue weighted by Gasteiger charge is 2.26. The van der Waals surface area contributed by atoms with Crippen LogP contribution in [0.1, 0.15) is 6.42 Å². The Morgan fingerprint density at radius 2 is 2.43 bits per heavy atom. The van der Waals surface area contributed by atoms with Crippen LogP contribution in [0.2, 0.25) is 0 Å². The molecule has 3 atom stereocenters. The van der Waals surface area contributed by atoms with Crippen molar-refractivity contribution in [2.75, 3.05) is 20.3 Å². The molecule has 1 aliphatic rings. The van der Waals surface area contributed by atoms with Crippen LogP contribution in [0.15, 0.2) is 0 Å². The van der Waals surface area contributed by atoms with E-state index in [0.717, 1.165) is 7.11 Å². The zero-order chi connectivity index (χ0) is 10.6. The van der Waals surface area contributed by atoms with E-state index in [0.29, 0.717) is 6.42 Å². The first kappa shape index (κ1) is 11.4. The van der Waals surface area contributed by atoms with Crippen LogP contribution in [0.4, 0.5) is 0 Å². The van der Waals surface area contributed by atoms with E-state index >= 15 is 0 Å². The highest BCUT2D eigenvalue weighted by atomic mass is 16.7. The Labute approximate surface area is 81.4 Å². The van der Waals surface area contributed by atoms with Crippen molar-refractivity contribution in [2.45, 2.75) is 24.9 Å². The van der Waals surface area contributed by atoms with Crippen LogP contribution in [0.5, 0.6) is 0 Å². The predicted molar refractivity (Wildman–Crippen MR) is 44.3 cm³/mol. The molecule has 0 radical (unpaired) electrons. The molecule has 1 saturated heterocycles. The number of hydrogen-bond donors (Lipinski definition) is 2. The van der Waals surface area contributed by atoms with Gasteiger partial charge in [-0.25, -0.2) is 4.79 Å². The number of rotatable bonds is 4. The zero-order valence-electron chi connectivity index (χ0n) is 7.88. The Morgan fingerprint density at radius 1 is 1.71 bits per heavy atom. The van der Waals surface area contributed by atoms with Gasteiger partial charge >= 0.3 is 5.97 Å². The van der Waals surface area contributed by atoms with Gasteiger partial charge in [-0.05, 0) is 0 Å². The molecule has 6 heteroatoms. The van der Waals surface area contributed by atoms with Gasteiger partial charge in [-0.3, -0.25) is 0 Å². The average Bonchev–Trinajstić information content (AvgIpc) is 2.59. The van der Waals surface area contributed by atoms with Gasteiger partial charge in [0.25, 0.3) is 6.29 Å². The topological polar surface area (TPSA) is 85.2 Å². The van der Waals surface area contributed by atoms with Gasteiger partial charge in [0, 0.05) is 6.42 Å². The SMILES string of the molecule is COC(=O)C(O)OCC1CC(O)CO1. The summed E-state index contributed by atoms with van der Waals surface area (Å²) in [6.07, 6.45) is -1.89. The Bertz CT molecular complexity index is 194. The van der Waals surface area contributed by atoms with Crippen LogP contribution in [-0.4, -0.2) is 55.0 Å². The number of carbonyl (C=O) groups is 1. The molecule has 0 saturated carbocycles. The highest BCUT2D eigenvalue weighted by Crippen LogP contribution is 2.13. The Hall–Kier alpha value is -0.690. The highest BCUT2D eigenvalue weighted by molar-refractivity contribution is 5.72. The van der Waals surface area contributed by atoms with E-state index < -0.39 is 18.4 Å². The number of hydrogen-bond acceptors (Lipinski definition) is 6. The van der Waals surface area contributed by atoms with Crippen LogP contribution >= 0.6 is 0 Å². The van der Waals surface area contributed by atoms with Crippen molar-refractivity contribution in [3.63, 3.8) is 0 Å². The first-order valence-electron chi connectivity index (χ1n) is 4.30. The lowest BCUT2D eigenvalue weighted by atomic mass is 10.2. The zero-order valence-corrected chi connectivity index (χ0v) is 7.88. The van der Waals surface area contributed by atoms with Crippen molar-refractivity contribution in [2.24, 2.45) is 0 Å². The maximum atomic E-state index is 10.7. The molecule has 0 aromatic heterocycles. The standard InChI is InChI=1S/C8H14O6/c1-12-7(10)8(11)14-4-6-2-5(9)3-13-6/h5-6,8-9,11H,2-4H2,1H3. The van der Waals surface area contributed by atoms with Crippen molar-refractivity contribution in [1.29, 1.82) is 0 Å². The van der Waals surface area contributed by atoms with Gasteiger partial charge in [-0.15, -0.1) is 0 Å². The van der Waals surface area contributed by atoms with Crippen LogP contribution in [0.3, 0.4) is 0 Å². The third kappa shape index (κ3) is 3.22. The number of esters is 1. The monoisotopic (exact) mass is 206 g/mol. The minimum atomic E-state index is -1.58. The molecule has 1 fully saturated rings. The second kappa shape index (κ2) is 5.26. The van der Waals surface area contributed by atoms with E-state index in [9.17, 15) is 4.79 Å². The fourth-order valence-electron chi connectivity index (χ4n) is 1.17. The van der Waals surface area contributed by atoms with Gasteiger partial charge < -0.3 is 24.4 Å². The fraction of sp³-hybridized carbons (Fsp3) is 0.875. The maximum Gasteiger partial charge on any atom is 0.363 e. The largest absolute Gasteiger partial charge is 0.465 e. The predicted octanol–water partition coefficient (Wildman–Crippen LogP) is -1.36. The first-order chi connectivity index (χ1) is 6.63. The molecular weight excluding hydrogens is 192 g/mol. The molecule has 6 nitrogen and oxygen atoms in total. The summed E-state index contributed by atoms with van der Waals surface area (Å²) in [6.45, 7) is 0.329. The summed E-state index contributed by atoms with van der Waals surface area (Å²) in [4.78, 5) is 10.7. The minimum absolute atomic E-state index is 0.0628. The summed E-state index contributed by atoms with van der Waals surface area (Å²) >= 11 is 0. The van der Waals surface area contributed by atoms with Gasteiger partial charge in [0.2, 0.25) is 0 Å². The van der Waals surface area contributed by atoms with Crippen molar-refractivity contribution < 1.29 is 29.2 Å². The summed E-state index contributed by atoms with van der Waals surface area (Å²) < 4.78 is 14.1. The Balaban J connectivity index is 2.17. The molecule has 1 rings (SSSR count). The van der Waals surface area contributed by atoms with Crippen LogP contribution in [0, 0.1) is 0 Å². The molecule has 82 valence electrons. The Morgan fingerprint density at radius 3 is 2.93 bits per heavy atom. The van der Waals surface area contributed by atoms with Crippen LogP contribution in [0.25, 0.3) is 0 Å². The van der Waals surface area contributed by atoms with Gasteiger partial charge in [0.15, 0.2) is 0 Å². The molecule has 1 heterocycles. The molecule has 0 bridgehead atoms. The molecule has 0 aliphatic carbocycles. The Kier molecular flexibility index (Phi) is 4.27. The molecular formula is C8H14O6. The molecule has 0 aromatic carbocycles. The van der Waals surface area contributed by atoms with Crippen molar-refractivity contribution >= 4 is 5.97 Å². The third-order valence-electron chi connectivity index (χ3n) is 1.90. The van der Waals surface area contributed by atoms with E-state index in [2.05, 4.69) is 4.74 Å². The molecule has 14 heavy (non-hydrogen) atoms. The lowest BCUT2D eigenvalue weighted by molar-refractivity contribution is -0.184. The second-order valence-electron chi connectivity index (χ2n) is 3.05. The molecule has 0 amide bonds. The van der Waals surface area contributed by atoms with Gasteiger partial charge in [0.05, 0.1) is 32.5 Å². The summed E-state index contributed by atoms with van der Waals surface area (Å²) in [6, 6.07) is 0. The smallest absolute Gasteiger partial charge is 0.363 e. The minimum Gasteiger partial charge on any atom is -0.465 e. The van der Waals surface area contributed by atoms with Crippen molar-refractivity contribution in [3.05, 3.63) is 0 Å². The van der Waals surface area contributed by atoms with E-state index in [1.807, 2.05) is 0 Å². The maximum absolute atomic E-state index is 10.7. The fourth-order valence-corrected chi connectivity index (χ4v) is 1.17. The van der Waals surface area contributed by atoms with E-state index in [1.54, 1.807) is 0 Å². The van der Waals surface area contributed by atoms with Crippen LogP contribution < -0.4 is 0 Å². The number of ether oxygens (including phenoxy) is 3. The van der Waals surface area contributed by atoms with Crippen LogP contribution in [-0.2, 0) is 19.0 Å². The lowest BCUT2D eigenvalue weighted by Gasteiger charge is -2.12. The summed E-state index contributed by atoms with van der Waals surface area (Å²) in [7, 11) is 1.16. The van der Waals surface area contributed by atoms with Crippen molar-refractivity contribution in [1.82, 2.24) is 0 Å². The molecule has 2 N–H and O–H groups in total. The lowest BCUT2D eigenvalue weighted by Crippen LogP contribution is -2.29. The van der Waals surface area contributed by atoms with Gasteiger partial charge in [0.1, 0.15) is 0 Å². The quantitative estimate of drug-likeness (QED) is 0.436. The summed E-state index contributed by atoms with van der Waals surface area (Å²) in [5.41, 5.74) is 0. The average molecular weight is 206 g/mol. The molecule has 1 aliphatic heterocycles. The van der Waals surface area contributed by atoms with E-state index in [4.69, 9.17) is 19.7 Å². The van der Waals surface area contributed by atoms with E-state index in [1.165, 1.54) is 0 Å². The third-order valence-corrected chi connectivity index (χ3v) is 1.90. The number of carbonyl (C=O) groups excluding carboxylic acids is 1. The normalized spacial score (nSPS) is 28.8. The number of methoxy groups -OCH3 is 1. The summed E-state index contributed by atoms with van der Waals surface area (Å²) in [5, 5.41) is 18.1. The second-order valence-corrected chi connectivity index (χ2v) is 3.05. The molecule has 0 spiro atoms. The molecule has 3 unspecified atom stereocenters. The number of aliphatic hydroxyl groups excluding tert-OH is 2. The van der Waals surface area contributed by atoms with Gasteiger partial charge in [-0.1, -0.05) is 0 Å². The molecule has 0 aromatic rings. The summed E-state index contributed by atoms with van der Waals surface area (Å²) in [5.74, 6) is -0.844.